The smallest absolute Gasteiger partial charge is 0.272 e. The molecule has 0 spiro atoms. The first kappa shape index (κ1) is 33.6. The van der Waals surface area contributed by atoms with Gasteiger partial charge in [0, 0.05) is 32.8 Å². The molecule has 0 aliphatic heterocycles. The highest BCUT2D eigenvalue weighted by Crippen LogP contribution is 2.33. The van der Waals surface area contributed by atoms with Crippen LogP contribution in [0.5, 0.6) is 5.75 Å². The van der Waals surface area contributed by atoms with Gasteiger partial charge in [-0.1, -0.05) is 66.7 Å². The molecule has 1 aliphatic carbocycles. The van der Waals surface area contributed by atoms with Gasteiger partial charge < -0.3 is 20.7 Å². The van der Waals surface area contributed by atoms with Gasteiger partial charge in [0.25, 0.3) is 11.8 Å². The predicted octanol–water partition coefficient (Wildman–Crippen LogP) is 7.00. The molecule has 1 atom stereocenters. The number of hydrogen-bond acceptors (Lipinski definition) is 7. The number of benzene rings is 5. The number of carbonyl (C=O) groups excluding carboxylic acids is 5. The molecule has 5 aromatic carbocycles. The van der Waals surface area contributed by atoms with E-state index in [-0.39, 0.29) is 40.0 Å². The molecule has 9 nitrogen and oxygen atoms in total. The lowest BCUT2D eigenvalue weighted by atomic mass is 9.83. The molecule has 0 bridgehead atoms. The minimum atomic E-state index is -0.571. The minimum Gasteiger partial charge on any atom is -0.497 e. The van der Waals surface area contributed by atoms with Gasteiger partial charge in [-0.05, 0) is 73.2 Å². The Labute approximate surface area is 292 Å². The Balaban J connectivity index is 1.13. The van der Waals surface area contributed by atoms with E-state index >= 15 is 0 Å². The second kappa shape index (κ2) is 14.9. The van der Waals surface area contributed by atoms with Gasteiger partial charge in [-0.25, -0.2) is 0 Å². The van der Waals surface area contributed by atoms with Crippen molar-refractivity contribution in [2.24, 2.45) is 0 Å². The van der Waals surface area contributed by atoms with Crippen molar-refractivity contribution in [3.63, 3.8) is 0 Å². The third-order valence-electron chi connectivity index (χ3n) is 7.94. The van der Waals surface area contributed by atoms with Gasteiger partial charge >= 0.3 is 0 Å². The standard InChI is InChI=1S/C40H31N3O6S/c1-24(38(46)42-33-17-9-16-32-35(33)37(45)31-15-7-6-14-30(31)36(32)44)50-29-20-18-27(19-21-29)41-40(48)34(23-25-10-8-13-28(22-25)49-2)43-39(47)26-11-4-3-5-12-26/h3-24H,1-2H3,(H,41,48)(H,42,46)(H,43,47)/b34-23-. The van der Waals surface area contributed by atoms with E-state index in [4.69, 9.17) is 4.74 Å². The Hall–Kier alpha value is -6.26. The first-order chi connectivity index (χ1) is 24.2. The summed E-state index contributed by atoms with van der Waals surface area (Å²) in [5.74, 6) is -1.30. The average molecular weight is 682 g/mol. The summed E-state index contributed by atoms with van der Waals surface area (Å²) in [4.78, 5) is 66.9. The maximum atomic E-state index is 13.4. The summed E-state index contributed by atoms with van der Waals surface area (Å²) < 4.78 is 5.30. The van der Waals surface area contributed by atoms with Gasteiger partial charge in [-0.15, -0.1) is 11.8 Å². The van der Waals surface area contributed by atoms with Gasteiger partial charge in [-0.2, -0.15) is 0 Å². The lowest BCUT2D eigenvalue weighted by Gasteiger charge is -2.21. The number of carbonyl (C=O) groups is 5. The van der Waals surface area contributed by atoms with E-state index in [0.717, 1.165) is 4.90 Å². The Morgan fingerprint density at radius 3 is 2.10 bits per heavy atom. The summed E-state index contributed by atoms with van der Waals surface area (Å²) >= 11 is 1.29. The number of ether oxygens (including phenoxy) is 1. The molecule has 3 N–H and O–H groups in total. The van der Waals surface area contributed by atoms with Crippen molar-refractivity contribution in [3.8, 4) is 5.75 Å². The van der Waals surface area contributed by atoms with Crippen molar-refractivity contribution in [1.82, 2.24) is 5.32 Å². The third-order valence-corrected chi connectivity index (χ3v) is 9.05. The van der Waals surface area contributed by atoms with Crippen LogP contribution in [0, 0.1) is 0 Å². The predicted molar refractivity (Wildman–Crippen MR) is 194 cm³/mol. The average Bonchev–Trinajstić information content (AvgIpc) is 3.14. The summed E-state index contributed by atoms with van der Waals surface area (Å²) in [5.41, 5.74) is 2.92. The van der Waals surface area contributed by atoms with Crippen molar-refractivity contribution in [2.75, 3.05) is 17.7 Å². The van der Waals surface area contributed by atoms with Crippen LogP contribution >= 0.6 is 11.8 Å². The molecule has 5 aromatic rings. The molecule has 6 rings (SSSR count). The van der Waals surface area contributed by atoms with Crippen LogP contribution in [-0.4, -0.2) is 41.6 Å². The fourth-order valence-corrected chi connectivity index (χ4v) is 6.26. The minimum absolute atomic E-state index is 0.0302. The topological polar surface area (TPSA) is 131 Å². The molecule has 0 saturated carbocycles. The second-order valence-corrected chi connectivity index (χ2v) is 12.7. The third kappa shape index (κ3) is 7.40. The van der Waals surface area contributed by atoms with Gasteiger partial charge in [0.1, 0.15) is 11.4 Å². The van der Waals surface area contributed by atoms with Gasteiger partial charge in [0.2, 0.25) is 5.91 Å². The molecule has 248 valence electrons. The number of nitrogens with one attached hydrogen (secondary N) is 3. The SMILES string of the molecule is COc1cccc(/C=C(\NC(=O)c2ccccc2)C(=O)Nc2ccc(SC(C)C(=O)Nc3cccc4c3C(=O)c3ccccc3C4=O)cc2)c1. The van der Waals surface area contributed by atoms with Crippen LogP contribution in [0.25, 0.3) is 6.08 Å². The summed E-state index contributed by atoms with van der Waals surface area (Å²) in [5, 5.41) is 7.81. The molecule has 1 unspecified atom stereocenters. The van der Waals surface area contributed by atoms with E-state index in [1.54, 1.807) is 141 Å². The van der Waals surface area contributed by atoms with E-state index in [9.17, 15) is 24.0 Å². The highest BCUT2D eigenvalue weighted by Gasteiger charge is 2.32. The number of rotatable bonds is 10. The Morgan fingerprint density at radius 1 is 0.720 bits per heavy atom. The lowest BCUT2D eigenvalue weighted by molar-refractivity contribution is -0.115. The van der Waals surface area contributed by atoms with Crippen LogP contribution < -0.4 is 20.7 Å². The number of amides is 3. The van der Waals surface area contributed by atoms with E-state index in [0.29, 0.717) is 33.7 Å². The van der Waals surface area contributed by atoms with Crippen molar-refractivity contribution < 1.29 is 28.7 Å². The van der Waals surface area contributed by atoms with Crippen LogP contribution in [0.15, 0.2) is 132 Å². The second-order valence-electron chi connectivity index (χ2n) is 11.3. The van der Waals surface area contributed by atoms with Crippen molar-refractivity contribution >= 4 is 58.5 Å². The largest absolute Gasteiger partial charge is 0.497 e. The number of methoxy groups -OCH3 is 1. The zero-order valence-corrected chi connectivity index (χ0v) is 27.9. The zero-order valence-electron chi connectivity index (χ0n) is 27.1. The van der Waals surface area contributed by atoms with E-state index in [1.165, 1.54) is 11.8 Å². The molecule has 0 aromatic heterocycles. The lowest BCUT2D eigenvalue weighted by Crippen LogP contribution is -2.30. The van der Waals surface area contributed by atoms with Crippen LogP contribution in [-0.2, 0) is 9.59 Å². The summed E-state index contributed by atoms with van der Waals surface area (Å²) in [6.07, 6.45) is 1.56. The van der Waals surface area contributed by atoms with Crippen LogP contribution in [0.1, 0.15) is 54.7 Å². The van der Waals surface area contributed by atoms with Crippen LogP contribution in [0.2, 0.25) is 0 Å². The zero-order chi connectivity index (χ0) is 35.2. The van der Waals surface area contributed by atoms with Gasteiger partial charge in [0.15, 0.2) is 11.6 Å². The number of hydrogen-bond donors (Lipinski definition) is 3. The summed E-state index contributed by atoms with van der Waals surface area (Å²) in [6, 6.07) is 34.1. The Kier molecular flexibility index (Phi) is 10.0. The highest BCUT2D eigenvalue weighted by molar-refractivity contribution is 8.00. The monoisotopic (exact) mass is 681 g/mol. The molecule has 0 heterocycles. The van der Waals surface area contributed by atoms with Crippen LogP contribution in [0.3, 0.4) is 0 Å². The van der Waals surface area contributed by atoms with Crippen molar-refractivity contribution in [3.05, 3.63) is 160 Å². The fourth-order valence-electron chi connectivity index (χ4n) is 5.40. The van der Waals surface area contributed by atoms with Gasteiger partial charge in [0.05, 0.1) is 23.6 Å². The van der Waals surface area contributed by atoms with Crippen LogP contribution in [0.4, 0.5) is 11.4 Å². The quantitative estimate of drug-likeness (QED) is 0.105. The molecule has 0 fully saturated rings. The van der Waals surface area contributed by atoms with Crippen molar-refractivity contribution in [1.29, 1.82) is 0 Å². The highest BCUT2D eigenvalue weighted by atomic mass is 32.2. The normalized spacial score (nSPS) is 12.6. The molecular formula is C40H31N3O6S. The molecule has 3 amide bonds. The van der Waals surface area contributed by atoms with Crippen molar-refractivity contribution in [2.45, 2.75) is 17.1 Å². The number of fused-ring (bicyclic) bond motifs is 2. The Bertz CT molecular complexity index is 2160. The number of anilines is 2. The summed E-state index contributed by atoms with van der Waals surface area (Å²) in [6.45, 7) is 1.73. The molecular weight excluding hydrogens is 651 g/mol. The van der Waals surface area contributed by atoms with E-state index in [2.05, 4.69) is 16.0 Å². The molecule has 50 heavy (non-hydrogen) atoms. The number of ketones is 2. The van der Waals surface area contributed by atoms with E-state index in [1.807, 2.05) is 0 Å². The van der Waals surface area contributed by atoms with E-state index < -0.39 is 17.1 Å². The summed E-state index contributed by atoms with van der Waals surface area (Å²) in [7, 11) is 1.54. The van der Waals surface area contributed by atoms with Gasteiger partial charge in [-0.3, -0.25) is 24.0 Å². The first-order valence-corrected chi connectivity index (χ1v) is 16.5. The Morgan fingerprint density at radius 2 is 1.38 bits per heavy atom. The maximum Gasteiger partial charge on any atom is 0.272 e. The molecule has 0 saturated heterocycles. The molecule has 1 aliphatic rings. The maximum absolute atomic E-state index is 13.4. The molecule has 10 heteroatoms. The number of thioether (sulfide) groups is 1. The first-order valence-electron chi connectivity index (χ1n) is 15.6. The fraction of sp³-hybridized carbons (Fsp3) is 0.0750. The molecule has 0 radical (unpaired) electrons.